The van der Waals surface area contributed by atoms with E-state index in [4.69, 9.17) is 5.73 Å². The number of nitrogens with two attached hydrogens (primary N) is 1. The average Bonchev–Trinajstić information content (AvgIpc) is 2.39. The van der Waals surface area contributed by atoms with E-state index in [2.05, 4.69) is 12.2 Å². The lowest BCUT2D eigenvalue weighted by Gasteiger charge is -2.32. The summed E-state index contributed by atoms with van der Waals surface area (Å²) in [5.74, 6) is 0.160. The first-order valence-electron chi connectivity index (χ1n) is 6.88. The summed E-state index contributed by atoms with van der Waals surface area (Å²) in [6.07, 6.45) is 4.15. The first kappa shape index (κ1) is 13.8. The fourth-order valence-electron chi connectivity index (χ4n) is 2.79. The number of para-hydroxylation sites is 1. The van der Waals surface area contributed by atoms with Crippen molar-refractivity contribution in [1.29, 1.82) is 0 Å². The van der Waals surface area contributed by atoms with Gasteiger partial charge in [0.05, 0.1) is 5.69 Å². The number of anilines is 1. The molecule has 1 saturated carbocycles. The lowest BCUT2D eigenvalue weighted by Crippen LogP contribution is -2.43. The number of hydrogen-bond donors (Lipinski definition) is 2. The average molecular weight is 264 g/mol. The van der Waals surface area contributed by atoms with Crippen molar-refractivity contribution in [1.82, 2.24) is 0 Å². The van der Waals surface area contributed by atoms with Gasteiger partial charge in [-0.1, -0.05) is 31.9 Å². The van der Waals surface area contributed by atoms with Gasteiger partial charge in [0.2, 0.25) is 5.91 Å². The molecule has 0 aromatic heterocycles. The first-order valence-corrected chi connectivity index (χ1v) is 6.88. The molecule has 1 atom stereocenters. The Labute approximate surface area is 113 Å². The van der Waals surface area contributed by atoms with E-state index in [0.29, 0.717) is 11.6 Å². The van der Waals surface area contributed by atoms with Crippen LogP contribution in [0.3, 0.4) is 0 Å². The lowest BCUT2D eigenvalue weighted by atomic mass is 9.79. The molecule has 4 heteroatoms. The molecule has 0 aliphatic heterocycles. The van der Waals surface area contributed by atoms with E-state index in [1.54, 1.807) is 18.2 Å². The van der Waals surface area contributed by atoms with Crippen molar-refractivity contribution >= 4 is 11.6 Å². The molecule has 0 bridgehead atoms. The van der Waals surface area contributed by atoms with Crippen LogP contribution in [0.15, 0.2) is 24.3 Å². The zero-order valence-corrected chi connectivity index (χ0v) is 11.2. The van der Waals surface area contributed by atoms with Crippen molar-refractivity contribution in [3.63, 3.8) is 0 Å². The van der Waals surface area contributed by atoms with Crippen LogP contribution in [0.1, 0.15) is 32.6 Å². The van der Waals surface area contributed by atoms with Crippen molar-refractivity contribution in [3.8, 4) is 0 Å². The molecule has 104 valence electrons. The molecule has 1 aliphatic carbocycles. The van der Waals surface area contributed by atoms with Crippen molar-refractivity contribution in [2.45, 2.75) is 38.6 Å². The lowest BCUT2D eigenvalue weighted by molar-refractivity contribution is -0.120. The Hall–Kier alpha value is -1.58. The Kier molecular flexibility index (Phi) is 4.40. The van der Waals surface area contributed by atoms with Crippen LogP contribution in [-0.4, -0.2) is 11.9 Å². The van der Waals surface area contributed by atoms with E-state index in [1.165, 1.54) is 6.07 Å². The van der Waals surface area contributed by atoms with Crippen LogP contribution < -0.4 is 11.1 Å². The molecule has 1 fully saturated rings. The SMILES string of the molecule is CC1CCC(C(Nc2ccccc2F)C(N)=O)CC1. The second-order valence-electron chi connectivity index (χ2n) is 5.52. The monoisotopic (exact) mass is 264 g/mol. The molecule has 1 aromatic carbocycles. The summed E-state index contributed by atoms with van der Waals surface area (Å²) in [4.78, 5) is 11.6. The van der Waals surface area contributed by atoms with Gasteiger partial charge in [-0.3, -0.25) is 4.79 Å². The summed E-state index contributed by atoms with van der Waals surface area (Å²) in [5, 5.41) is 2.98. The minimum absolute atomic E-state index is 0.202. The summed E-state index contributed by atoms with van der Waals surface area (Å²) in [6, 6.07) is 5.90. The molecule has 0 spiro atoms. The molecule has 19 heavy (non-hydrogen) atoms. The predicted molar refractivity (Wildman–Crippen MR) is 74.1 cm³/mol. The van der Waals surface area contributed by atoms with Gasteiger partial charge < -0.3 is 11.1 Å². The number of rotatable bonds is 4. The highest BCUT2D eigenvalue weighted by molar-refractivity contribution is 5.83. The fraction of sp³-hybridized carbons (Fsp3) is 0.533. The zero-order valence-electron chi connectivity index (χ0n) is 11.2. The molecule has 3 nitrogen and oxygen atoms in total. The molecule has 1 unspecified atom stereocenters. The molecule has 3 N–H and O–H groups in total. The Morgan fingerprint density at radius 3 is 2.53 bits per heavy atom. The van der Waals surface area contributed by atoms with Crippen molar-refractivity contribution < 1.29 is 9.18 Å². The third-order valence-corrected chi connectivity index (χ3v) is 4.02. The van der Waals surface area contributed by atoms with Gasteiger partial charge in [0.15, 0.2) is 0 Å². The standard InChI is InChI=1S/C15H21FN2O/c1-10-6-8-11(9-7-10)14(15(17)19)18-13-5-3-2-4-12(13)16/h2-5,10-11,14,18H,6-9H2,1H3,(H2,17,19). The molecule has 1 aliphatic rings. The van der Waals surface area contributed by atoms with Gasteiger partial charge in [-0.05, 0) is 36.8 Å². The second kappa shape index (κ2) is 6.04. The predicted octanol–water partition coefficient (Wildman–Crippen LogP) is 2.92. The van der Waals surface area contributed by atoms with Gasteiger partial charge in [-0.15, -0.1) is 0 Å². The third kappa shape index (κ3) is 3.46. The zero-order chi connectivity index (χ0) is 13.8. The van der Waals surface area contributed by atoms with Crippen molar-refractivity contribution in [2.75, 3.05) is 5.32 Å². The van der Waals surface area contributed by atoms with Gasteiger partial charge >= 0.3 is 0 Å². The van der Waals surface area contributed by atoms with Crippen LogP contribution in [0.2, 0.25) is 0 Å². The minimum atomic E-state index is -0.482. The minimum Gasteiger partial charge on any atom is -0.371 e. The Morgan fingerprint density at radius 1 is 1.32 bits per heavy atom. The summed E-state index contributed by atoms with van der Waals surface area (Å²) in [5.41, 5.74) is 5.83. The molecule has 0 saturated heterocycles. The van der Waals surface area contributed by atoms with E-state index in [9.17, 15) is 9.18 Å². The van der Waals surface area contributed by atoms with Crippen LogP contribution >= 0.6 is 0 Å². The number of amides is 1. The molecule has 1 aromatic rings. The molecule has 1 amide bonds. The van der Waals surface area contributed by atoms with E-state index in [-0.39, 0.29) is 11.7 Å². The highest BCUT2D eigenvalue weighted by Gasteiger charge is 2.30. The summed E-state index contributed by atoms with van der Waals surface area (Å²) in [6.45, 7) is 2.22. The summed E-state index contributed by atoms with van der Waals surface area (Å²) >= 11 is 0. The number of carbonyl (C=O) groups excluding carboxylic acids is 1. The normalized spacial score (nSPS) is 24.7. The highest BCUT2D eigenvalue weighted by Crippen LogP contribution is 2.31. The maximum Gasteiger partial charge on any atom is 0.240 e. The van der Waals surface area contributed by atoms with E-state index >= 15 is 0 Å². The number of nitrogens with one attached hydrogen (secondary N) is 1. The molecule has 0 heterocycles. The van der Waals surface area contributed by atoms with Gasteiger partial charge in [0, 0.05) is 0 Å². The topological polar surface area (TPSA) is 55.1 Å². The Bertz CT molecular complexity index is 442. The molecular formula is C15H21FN2O. The van der Waals surface area contributed by atoms with Crippen molar-refractivity contribution in [2.24, 2.45) is 17.6 Å². The fourth-order valence-corrected chi connectivity index (χ4v) is 2.79. The Morgan fingerprint density at radius 2 is 1.95 bits per heavy atom. The molecular weight excluding hydrogens is 243 g/mol. The number of hydrogen-bond acceptors (Lipinski definition) is 2. The van der Waals surface area contributed by atoms with E-state index in [1.807, 2.05) is 0 Å². The van der Waals surface area contributed by atoms with Crippen LogP contribution in [0.4, 0.5) is 10.1 Å². The third-order valence-electron chi connectivity index (χ3n) is 4.02. The number of halogens is 1. The van der Waals surface area contributed by atoms with Gasteiger partial charge in [-0.2, -0.15) is 0 Å². The van der Waals surface area contributed by atoms with Crippen LogP contribution in [0, 0.1) is 17.7 Å². The van der Waals surface area contributed by atoms with E-state index < -0.39 is 11.9 Å². The van der Waals surface area contributed by atoms with Gasteiger partial charge in [0.1, 0.15) is 11.9 Å². The summed E-state index contributed by atoms with van der Waals surface area (Å²) in [7, 11) is 0. The molecule has 0 radical (unpaired) electrons. The van der Waals surface area contributed by atoms with Crippen LogP contribution in [0.5, 0.6) is 0 Å². The smallest absolute Gasteiger partial charge is 0.240 e. The van der Waals surface area contributed by atoms with Crippen molar-refractivity contribution in [3.05, 3.63) is 30.1 Å². The largest absolute Gasteiger partial charge is 0.371 e. The number of benzene rings is 1. The van der Waals surface area contributed by atoms with Crippen LogP contribution in [-0.2, 0) is 4.79 Å². The van der Waals surface area contributed by atoms with E-state index in [0.717, 1.165) is 25.7 Å². The number of primary amides is 1. The maximum absolute atomic E-state index is 13.6. The van der Waals surface area contributed by atoms with Crippen LogP contribution in [0.25, 0.3) is 0 Å². The van der Waals surface area contributed by atoms with Gasteiger partial charge in [-0.25, -0.2) is 4.39 Å². The second-order valence-corrected chi connectivity index (χ2v) is 5.52. The summed E-state index contributed by atoms with van der Waals surface area (Å²) < 4.78 is 13.6. The van der Waals surface area contributed by atoms with Gasteiger partial charge in [0.25, 0.3) is 0 Å². The first-order chi connectivity index (χ1) is 9.08. The maximum atomic E-state index is 13.6. The highest BCUT2D eigenvalue weighted by atomic mass is 19.1. The quantitative estimate of drug-likeness (QED) is 0.878. The Balaban J connectivity index is 2.09. The molecule has 2 rings (SSSR count). The number of carbonyl (C=O) groups is 1.